The molecular weight excluding hydrogens is 112 g/mol. The molecule has 0 aromatic rings. The van der Waals surface area contributed by atoms with Gasteiger partial charge in [-0.2, -0.15) is 0 Å². The van der Waals surface area contributed by atoms with Crippen LogP contribution in [0.15, 0.2) is 12.3 Å². The molecule has 0 atom stereocenters. The smallest absolute Gasteiger partial charge is 0.0784 e. The Kier molecular flexibility index (Phi) is 3.36. The Labute approximate surface area is 57.7 Å². The van der Waals surface area contributed by atoms with Crippen LogP contribution in [0.5, 0.6) is 0 Å². The van der Waals surface area contributed by atoms with Crippen LogP contribution in [0.2, 0.25) is 0 Å². The van der Waals surface area contributed by atoms with Crippen LogP contribution in [-0.4, -0.2) is 7.11 Å². The van der Waals surface area contributed by atoms with Crippen molar-refractivity contribution in [1.29, 1.82) is 0 Å². The van der Waals surface area contributed by atoms with Crippen molar-refractivity contribution in [2.75, 3.05) is 7.11 Å². The lowest BCUT2D eigenvalue weighted by atomic mass is 9.93. The Morgan fingerprint density at radius 1 is 1.33 bits per heavy atom. The van der Waals surface area contributed by atoms with Crippen LogP contribution >= 0.6 is 0 Å². The summed E-state index contributed by atoms with van der Waals surface area (Å²) in [6.45, 7) is 6.60. The van der Waals surface area contributed by atoms with E-state index in [1.807, 2.05) is 6.08 Å². The number of hydrogen-bond acceptors (Lipinski definition) is 1. The minimum Gasteiger partial charge on any atom is -0.505 e. The standard InChI is InChI=1S/C8H16O/c1-8(2,3)6-5-7-9-4/h5,7H,6H2,1-4H3/b7-5-. The molecule has 0 saturated carbocycles. The van der Waals surface area contributed by atoms with Crippen LogP contribution in [0.1, 0.15) is 27.2 Å². The highest BCUT2D eigenvalue weighted by Gasteiger charge is 2.05. The molecule has 0 unspecified atom stereocenters. The average Bonchev–Trinajstić information content (AvgIpc) is 1.63. The molecule has 0 rings (SSSR count). The monoisotopic (exact) mass is 128 g/mol. The average molecular weight is 128 g/mol. The number of methoxy groups -OCH3 is 1. The van der Waals surface area contributed by atoms with Crippen molar-refractivity contribution in [3.05, 3.63) is 12.3 Å². The van der Waals surface area contributed by atoms with Crippen molar-refractivity contribution < 1.29 is 4.74 Å². The molecule has 1 nitrogen and oxygen atoms in total. The van der Waals surface area contributed by atoms with Crippen LogP contribution in [0, 0.1) is 5.41 Å². The highest BCUT2D eigenvalue weighted by Crippen LogP contribution is 2.18. The number of allylic oxidation sites excluding steroid dienone is 1. The highest BCUT2D eigenvalue weighted by molar-refractivity contribution is 4.79. The first-order valence-corrected chi connectivity index (χ1v) is 3.24. The summed E-state index contributed by atoms with van der Waals surface area (Å²) < 4.78 is 4.76. The maximum Gasteiger partial charge on any atom is 0.0784 e. The maximum absolute atomic E-state index is 4.76. The zero-order valence-electron chi connectivity index (χ0n) is 6.77. The summed E-state index contributed by atoms with van der Waals surface area (Å²) in [7, 11) is 1.67. The summed E-state index contributed by atoms with van der Waals surface area (Å²) in [4.78, 5) is 0. The predicted octanol–water partition coefficient (Wildman–Crippen LogP) is 2.58. The number of rotatable bonds is 2. The SMILES string of the molecule is CO/C=C\CC(C)(C)C. The Hall–Kier alpha value is -0.460. The van der Waals surface area contributed by atoms with Gasteiger partial charge >= 0.3 is 0 Å². The molecule has 0 aliphatic rings. The van der Waals surface area contributed by atoms with E-state index in [9.17, 15) is 0 Å². The van der Waals surface area contributed by atoms with Crippen molar-refractivity contribution in [2.24, 2.45) is 5.41 Å². The van der Waals surface area contributed by atoms with Crippen LogP contribution in [0.4, 0.5) is 0 Å². The topological polar surface area (TPSA) is 9.23 Å². The largest absolute Gasteiger partial charge is 0.505 e. The Bertz CT molecular complexity index is 87.2. The number of ether oxygens (including phenoxy) is 1. The summed E-state index contributed by atoms with van der Waals surface area (Å²) in [5.41, 5.74) is 0.384. The molecule has 0 N–H and O–H groups in total. The zero-order valence-corrected chi connectivity index (χ0v) is 6.77. The molecule has 0 aliphatic carbocycles. The van der Waals surface area contributed by atoms with Gasteiger partial charge in [-0.25, -0.2) is 0 Å². The summed E-state index contributed by atoms with van der Waals surface area (Å²) in [5, 5.41) is 0. The summed E-state index contributed by atoms with van der Waals surface area (Å²) in [5.74, 6) is 0. The summed E-state index contributed by atoms with van der Waals surface area (Å²) in [6.07, 6.45) is 4.84. The van der Waals surface area contributed by atoms with E-state index in [1.54, 1.807) is 13.4 Å². The van der Waals surface area contributed by atoms with Gasteiger partial charge in [0.05, 0.1) is 13.4 Å². The lowest BCUT2D eigenvalue weighted by Gasteiger charge is -2.13. The fourth-order valence-corrected chi connectivity index (χ4v) is 0.498. The van der Waals surface area contributed by atoms with Crippen molar-refractivity contribution in [1.82, 2.24) is 0 Å². The van der Waals surface area contributed by atoms with E-state index in [1.165, 1.54) is 0 Å². The molecule has 0 saturated heterocycles. The third kappa shape index (κ3) is 7.54. The van der Waals surface area contributed by atoms with Gasteiger partial charge in [0.15, 0.2) is 0 Å². The van der Waals surface area contributed by atoms with Crippen LogP contribution in [0.3, 0.4) is 0 Å². The van der Waals surface area contributed by atoms with Crippen LogP contribution < -0.4 is 0 Å². The minimum atomic E-state index is 0.384. The van der Waals surface area contributed by atoms with Gasteiger partial charge in [0.2, 0.25) is 0 Å². The van der Waals surface area contributed by atoms with Crippen molar-refractivity contribution in [3.63, 3.8) is 0 Å². The second-order valence-corrected chi connectivity index (χ2v) is 3.37. The molecule has 0 aliphatic heterocycles. The minimum absolute atomic E-state index is 0.384. The van der Waals surface area contributed by atoms with Crippen molar-refractivity contribution in [3.8, 4) is 0 Å². The van der Waals surface area contributed by atoms with Gasteiger partial charge in [-0.3, -0.25) is 0 Å². The predicted molar refractivity (Wildman–Crippen MR) is 40.2 cm³/mol. The van der Waals surface area contributed by atoms with Gasteiger partial charge in [-0.15, -0.1) is 0 Å². The van der Waals surface area contributed by atoms with Gasteiger partial charge in [0.1, 0.15) is 0 Å². The zero-order chi connectivity index (χ0) is 7.33. The first-order chi connectivity index (χ1) is 4.06. The third-order valence-electron chi connectivity index (χ3n) is 0.963. The fourth-order valence-electron chi connectivity index (χ4n) is 0.498. The van der Waals surface area contributed by atoms with Gasteiger partial charge in [0.25, 0.3) is 0 Å². The summed E-state index contributed by atoms with van der Waals surface area (Å²) >= 11 is 0. The third-order valence-corrected chi connectivity index (χ3v) is 0.963. The molecule has 0 heterocycles. The van der Waals surface area contributed by atoms with Crippen LogP contribution in [-0.2, 0) is 4.74 Å². The molecule has 0 fully saturated rings. The van der Waals surface area contributed by atoms with E-state index in [-0.39, 0.29) is 0 Å². The molecule has 1 heteroatoms. The van der Waals surface area contributed by atoms with E-state index >= 15 is 0 Å². The van der Waals surface area contributed by atoms with E-state index in [2.05, 4.69) is 20.8 Å². The van der Waals surface area contributed by atoms with Crippen molar-refractivity contribution in [2.45, 2.75) is 27.2 Å². The molecular formula is C8H16O. The first kappa shape index (κ1) is 8.54. The molecule has 0 aromatic heterocycles. The van der Waals surface area contributed by atoms with E-state index < -0.39 is 0 Å². The molecule has 0 bridgehead atoms. The first-order valence-electron chi connectivity index (χ1n) is 3.24. The highest BCUT2D eigenvalue weighted by atomic mass is 16.5. The van der Waals surface area contributed by atoms with Gasteiger partial charge in [-0.05, 0) is 17.9 Å². The lowest BCUT2D eigenvalue weighted by Crippen LogP contribution is -2.01. The Balaban J connectivity index is 3.38. The van der Waals surface area contributed by atoms with Gasteiger partial charge in [0, 0.05) is 0 Å². The van der Waals surface area contributed by atoms with Gasteiger partial charge < -0.3 is 4.74 Å². The summed E-state index contributed by atoms with van der Waals surface area (Å²) in [6, 6.07) is 0. The Morgan fingerprint density at radius 3 is 2.22 bits per heavy atom. The molecule has 0 amide bonds. The van der Waals surface area contributed by atoms with E-state index in [4.69, 9.17) is 4.74 Å². The van der Waals surface area contributed by atoms with Crippen molar-refractivity contribution >= 4 is 0 Å². The molecule has 0 spiro atoms. The quantitative estimate of drug-likeness (QED) is 0.519. The number of hydrogen-bond donors (Lipinski definition) is 0. The van der Waals surface area contributed by atoms with Gasteiger partial charge in [-0.1, -0.05) is 20.8 Å². The molecule has 54 valence electrons. The molecule has 9 heavy (non-hydrogen) atoms. The fraction of sp³-hybridized carbons (Fsp3) is 0.750. The van der Waals surface area contributed by atoms with E-state index in [0.29, 0.717) is 5.41 Å². The molecule has 0 aromatic carbocycles. The maximum atomic E-state index is 4.76. The van der Waals surface area contributed by atoms with Crippen LogP contribution in [0.25, 0.3) is 0 Å². The van der Waals surface area contributed by atoms with E-state index in [0.717, 1.165) is 6.42 Å². The second-order valence-electron chi connectivity index (χ2n) is 3.37. The normalized spacial score (nSPS) is 12.4. The second kappa shape index (κ2) is 3.54. The lowest BCUT2D eigenvalue weighted by molar-refractivity contribution is 0.330. The Morgan fingerprint density at radius 2 is 1.89 bits per heavy atom. The molecule has 0 radical (unpaired) electrons.